The van der Waals surface area contributed by atoms with Crippen LogP contribution in [0.1, 0.15) is 40.1 Å². The lowest BCUT2D eigenvalue weighted by Gasteiger charge is -2.09. The molecule has 5 heteroatoms. The van der Waals surface area contributed by atoms with E-state index < -0.39 is 0 Å². The molecule has 0 aromatic heterocycles. The van der Waals surface area contributed by atoms with E-state index in [1.54, 1.807) is 30.3 Å². The van der Waals surface area contributed by atoms with Gasteiger partial charge >= 0.3 is 0 Å². The maximum Gasteiger partial charge on any atom is 0.251 e. The predicted octanol–water partition coefficient (Wildman–Crippen LogP) is 3.41. The summed E-state index contributed by atoms with van der Waals surface area (Å²) in [6, 6.07) is 14.0. The first kappa shape index (κ1) is 17.0. The molecule has 0 atom stereocenters. The highest BCUT2D eigenvalue weighted by atomic mass is 35.5. The second kappa shape index (κ2) is 7.79. The number of nitrogens with one attached hydrogen (secondary N) is 2. The van der Waals surface area contributed by atoms with Crippen molar-refractivity contribution >= 4 is 23.4 Å². The van der Waals surface area contributed by atoms with Gasteiger partial charge in [0.05, 0.1) is 0 Å². The van der Waals surface area contributed by atoms with E-state index in [9.17, 15) is 9.59 Å². The zero-order valence-corrected chi connectivity index (χ0v) is 13.9. The van der Waals surface area contributed by atoms with Crippen LogP contribution in [0.4, 0.5) is 0 Å². The van der Waals surface area contributed by atoms with Crippen LogP contribution in [-0.2, 0) is 6.54 Å². The van der Waals surface area contributed by atoms with E-state index in [0.29, 0.717) is 22.7 Å². The highest BCUT2D eigenvalue weighted by Crippen LogP contribution is 2.14. The second-order valence-electron chi connectivity index (χ2n) is 5.48. The number of hydrogen-bond acceptors (Lipinski definition) is 2. The van der Waals surface area contributed by atoms with Crippen LogP contribution in [0, 0.1) is 0 Å². The zero-order valence-electron chi connectivity index (χ0n) is 13.1. The molecule has 120 valence electrons. The fraction of sp³-hybridized carbons (Fsp3) is 0.222. The minimum atomic E-state index is -0.208. The van der Waals surface area contributed by atoms with Crippen LogP contribution in [0.3, 0.4) is 0 Å². The summed E-state index contributed by atoms with van der Waals surface area (Å²) in [5.74, 6) is -0.358. The molecule has 4 nitrogen and oxygen atoms in total. The van der Waals surface area contributed by atoms with Crippen molar-refractivity contribution < 1.29 is 9.59 Å². The largest absolute Gasteiger partial charge is 0.350 e. The van der Waals surface area contributed by atoms with E-state index in [0.717, 1.165) is 5.56 Å². The van der Waals surface area contributed by atoms with Gasteiger partial charge in [-0.15, -0.1) is 0 Å². The Kier molecular flexibility index (Phi) is 5.77. The molecular weight excluding hydrogens is 312 g/mol. The molecule has 0 unspecified atom stereocenters. The van der Waals surface area contributed by atoms with Gasteiger partial charge in [-0.2, -0.15) is 0 Å². The van der Waals surface area contributed by atoms with E-state index >= 15 is 0 Å². The van der Waals surface area contributed by atoms with Crippen molar-refractivity contribution in [1.82, 2.24) is 10.6 Å². The summed E-state index contributed by atoms with van der Waals surface area (Å²) in [4.78, 5) is 24.0. The summed E-state index contributed by atoms with van der Waals surface area (Å²) < 4.78 is 0. The van der Waals surface area contributed by atoms with Gasteiger partial charge < -0.3 is 10.6 Å². The minimum Gasteiger partial charge on any atom is -0.350 e. The van der Waals surface area contributed by atoms with Crippen molar-refractivity contribution in [3.8, 4) is 0 Å². The van der Waals surface area contributed by atoms with Gasteiger partial charge in [0, 0.05) is 28.7 Å². The Morgan fingerprint density at radius 2 is 1.52 bits per heavy atom. The van der Waals surface area contributed by atoms with Crippen LogP contribution in [0.5, 0.6) is 0 Å². The van der Waals surface area contributed by atoms with Crippen molar-refractivity contribution in [2.45, 2.75) is 26.4 Å². The SMILES string of the molecule is CC(C)NC(=O)c1ccc(C(=O)NCc2ccccc2Cl)cc1. The van der Waals surface area contributed by atoms with Crippen LogP contribution in [-0.4, -0.2) is 17.9 Å². The highest BCUT2D eigenvalue weighted by molar-refractivity contribution is 6.31. The van der Waals surface area contributed by atoms with Gasteiger partial charge in [0.15, 0.2) is 0 Å². The molecule has 0 saturated heterocycles. The third-order valence-electron chi connectivity index (χ3n) is 3.23. The molecule has 2 aromatic carbocycles. The number of hydrogen-bond donors (Lipinski definition) is 2. The quantitative estimate of drug-likeness (QED) is 0.882. The molecule has 0 aliphatic heterocycles. The Hall–Kier alpha value is -2.33. The molecule has 2 aromatic rings. The van der Waals surface area contributed by atoms with Crippen molar-refractivity contribution in [2.24, 2.45) is 0 Å². The summed E-state index contributed by atoms with van der Waals surface area (Å²) >= 11 is 6.06. The van der Waals surface area contributed by atoms with Gasteiger partial charge in [-0.3, -0.25) is 9.59 Å². The summed E-state index contributed by atoms with van der Waals surface area (Å²) in [5, 5.41) is 6.24. The van der Waals surface area contributed by atoms with Crippen LogP contribution < -0.4 is 10.6 Å². The minimum absolute atomic E-state index is 0.0705. The average Bonchev–Trinajstić information content (AvgIpc) is 2.53. The van der Waals surface area contributed by atoms with Gasteiger partial charge in [0.2, 0.25) is 0 Å². The van der Waals surface area contributed by atoms with E-state index in [2.05, 4.69) is 10.6 Å². The normalized spacial score (nSPS) is 10.4. The fourth-order valence-electron chi connectivity index (χ4n) is 2.04. The molecule has 23 heavy (non-hydrogen) atoms. The molecule has 0 aliphatic rings. The second-order valence-corrected chi connectivity index (χ2v) is 5.89. The van der Waals surface area contributed by atoms with Gasteiger partial charge in [0.25, 0.3) is 11.8 Å². The van der Waals surface area contributed by atoms with Crippen molar-refractivity contribution in [1.29, 1.82) is 0 Å². The third-order valence-corrected chi connectivity index (χ3v) is 3.60. The molecule has 0 spiro atoms. The molecule has 0 bridgehead atoms. The Balaban J connectivity index is 1.98. The topological polar surface area (TPSA) is 58.2 Å². The molecule has 0 heterocycles. The number of halogens is 1. The van der Waals surface area contributed by atoms with Crippen molar-refractivity contribution in [3.63, 3.8) is 0 Å². The molecule has 0 radical (unpaired) electrons. The Labute approximate surface area is 140 Å². The monoisotopic (exact) mass is 330 g/mol. The lowest BCUT2D eigenvalue weighted by Crippen LogP contribution is -2.30. The molecule has 2 rings (SSSR count). The first-order valence-electron chi connectivity index (χ1n) is 7.40. The maximum absolute atomic E-state index is 12.1. The number of rotatable bonds is 5. The number of carbonyl (C=O) groups excluding carboxylic acids is 2. The van der Waals surface area contributed by atoms with Crippen LogP contribution in [0.15, 0.2) is 48.5 Å². The summed E-state index contributed by atoms with van der Waals surface area (Å²) in [6.45, 7) is 4.15. The Morgan fingerprint density at radius 1 is 0.957 bits per heavy atom. The average molecular weight is 331 g/mol. The predicted molar refractivity (Wildman–Crippen MR) is 91.7 cm³/mol. The van der Waals surface area contributed by atoms with Crippen molar-refractivity contribution in [2.75, 3.05) is 0 Å². The zero-order chi connectivity index (χ0) is 16.8. The molecule has 0 fully saturated rings. The Morgan fingerprint density at radius 3 is 2.09 bits per heavy atom. The number of benzene rings is 2. The van der Waals surface area contributed by atoms with Crippen LogP contribution in [0.2, 0.25) is 5.02 Å². The first-order chi connectivity index (χ1) is 11.0. The van der Waals surface area contributed by atoms with Gasteiger partial charge in [0.1, 0.15) is 0 Å². The van der Waals surface area contributed by atoms with Gasteiger partial charge in [-0.25, -0.2) is 0 Å². The summed E-state index contributed by atoms with van der Waals surface area (Å²) in [5.41, 5.74) is 1.88. The highest BCUT2D eigenvalue weighted by Gasteiger charge is 2.10. The van der Waals surface area contributed by atoms with E-state index in [-0.39, 0.29) is 17.9 Å². The lowest BCUT2D eigenvalue weighted by molar-refractivity contribution is 0.0934. The van der Waals surface area contributed by atoms with E-state index in [1.807, 2.05) is 32.0 Å². The molecule has 0 saturated carbocycles. The van der Waals surface area contributed by atoms with Crippen LogP contribution in [0.25, 0.3) is 0 Å². The summed E-state index contributed by atoms with van der Waals surface area (Å²) in [7, 11) is 0. The summed E-state index contributed by atoms with van der Waals surface area (Å²) in [6.07, 6.45) is 0. The standard InChI is InChI=1S/C18H19ClN2O2/c1-12(2)21-18(23)14-9-7-13(8-10-14)17(22)20-11-15-5-3-4-6-16(15)19/h3-10,12H,11H2,1-2H3,(H,20,22)(H,21,23). The molecule has 2 amide bonds. The van der Waals surface area contributed by atoms with E-state index in [1.165, 1.54) is 0 Å². The first-order valence-corrected chi connectivity index (χ1v) is 7.77. The number of carbonyl (C=O) groups is 2. The van der Waals surface area contributed by atoms with E-state index in [4.69, 9.17) is 11.6 Å². The fourth-order valence-corrected chi connectivity index (χ4v) is 2.24. The number of amides is 2. The molecular formula is C18H19ClN2O2. The Bertz CT molecular complexity index is 696. The van der Waals surface area contributed by atoms with Gasteiger partial charge in [-0.1, -0.05) is 29.8 Å². The van der Waals surface area contributed by atoms with Crippen molar-refractivity contribution in [3.05, 3.63) is 70.2 Å². The third kappa shape index (κ3) is 4.83. The lowest BCUT2D eigenvalue weighted by atomic mass is 10.1. The van der Waals surface area contributed by atoms with Gasteiger partial charge in [-0.05, 0) is 49.7 Å². The smallest absolute Gasteiger partial charge is 0.251 e. The molecule has 2 N–H and O–H groups in total. The molecule has 0 aliphatic carbocycles. The van der Waals surface area contributed by atoms with Crippen LogP contribution >= 0.6 is 11.6 Å². The maximum atomic E-state index is 12.1.